The van der Waals surface area contributed by atoms with E-state index in [0.717, 1.165) is 11.3 Å². The first kappa shape index (κ1) is 21.9. The average Bonchev–Trinajstić information content (AvgIpc) is 3.23. The van der Waals surface area contributed by atoms with Crippen molar-refractivity contribution in [3.63, 3.8) is 0 Å². The van der Waals surface area contributed by atoms with Crippen LogP contribution >= 0.6 is 0 Å². The number of aryl methyl sites for hydroxylation is 1. The summed E-state index contributed by atoms with van der Waals surface area (Å²) in [4.78, 5) is 27.9. The number of nitrogens with zero attached hydrogens (tertiary/aromatic N) is 1. The minimum atomic E-state index is -0.321. The monoisotopic (exact) mass is 422 g/mol. The fourth-order valence-corrected chi connectivity index (χ4v) is 2.76. The highest BCUT2D eigenvalue weighted by atomic mass is 16.5. The van der Waals surface area contributed by atoms with E-state index in [9.17, 15) is 9.59 Å². The van der Waals surface area contributed by atoms with Crippen LogP contribution in [-0.4, -0.2) is 36.6 Å². The van der Waals surface area contributed by atoms with Crippen molar-refractivity contribution < 1.29 is 18.7 Å². The molecule has 31 heavy (non-hydrogen) atoms. The molecule has 0 aliphatic rings. The van der Waals surface area contributed by atoms with Gasteiger partial charge in [0.1, 0.15) is 12.0 Å². The van der Waals surface area contributed by atoms with Crippen LogP contribution in [0.25, 0.3) is 11.5 Å². The Morgan fingerprint density at radius 2 is 1.77 bits per heavy atom. The maximum atomic E-state index is 12.1. The van der Waals surface area contributed by atoms with Gasteiger partial charge in [-0.3, -0.25) is 4.79 Å². The van der Waals surface area contributed by atoms with Crippen LogP contribution in [-0.2, 0) is 11.2 Å². The third-order valence-electron chi connectivity index (χ3n) is 4.37. The van der Waals surface area contributed by atoms with E-state index in [1.54, 1.807) is 30.5 Å². The lowest BCUT2D eigenvalue weighted by Gasteiger charge is -2.09. The number of hydrogen-bond acceptors (Lipinski definition) is 5. The van der Waals surface area contributed by atoms with Crippen molar-refractivity contribution in [2.75, 3.05) is 25.0 Å². The highest BCUT2D eigenvalue weighted by Crippen LogP contribution is 2.19. The maximum Gasteiger partial charge on any atom is 0.319 e. The molecule has 1 heterocycles. The number of nitrogens with one attached hydrogen (secondary N) is 3. The average molecular weight is 422 g/mol. The molecular weight excluding hydrogens is 396 g/mol. The molecule has 0 aliphatic heterocycles. The molecule has 2 aromatic carbocycles. The fourth-order valence-electron chi connectivity index (χ4n) is 2.76. The molecule has 162 valence electrons. The molecule has 1 aromatic heterocycles. The van der Waals surface area contributed by atoms with Gasteiger partial charge in [0.2, 0.25) is 5.89 Å². The highest BCUT2D eigenvalue weighted by molar-refractivity contribution is 5.89. The van der Waals surface area contributed by atoms with Gasteiger partial charge in [-0.05, 0) is 50.2 Å². The number of rotatable bonds is 9. The summed E-state index contributed by atoms with van der Waals surface area (Å²) < 4.78 is 10.9. The zero-order chi connectivity index (χ0) is 22.1. The third-order valence-corrected chi connectivity index (χ3v) is 4.37. The summed E-state index contributed by atoms with van der Waals surface area (Å²) >= 11 is 0. The number of carbonyl (C=O) groups excluding carboxylic acids is 2. The second-order valence-corrected chi connectivity index (χ2v) is 6.91. The number of oxazole rings is 1. The summed E-state index contributed by atoms with van der Waals surface area (Å²) in [7, 11) is 0. The van der Waals surface area contributed by atoms with E-state index in [2.05, 4.69) is 20.9 Å². The van der Waals surface area contributed by atoms with Crippen LogP contribution in [0.3, 0.4) is 0 Å². The number of anilines is 1. The summed E-state index contributed by atoms with van der Waals surface area (Å²) in [5.41, 5.74) is 3.48. The van der Waals surface area contributed by atoms with Crippen LogP contribution in [0.1, 0.15) is 18.2 Å². The minimum Gasteiger partial charge on any atom is -0.484 e. The topological polar surface area (TPSA) is 105 Å². The standard InChI is InChI=1S/C23H26N4O4/c1-3-24-21(28)15-30-20-10-8-18(9-11-20)27-23(29)25-13-12-19-14-31-22(26-19)17-6-4-16(2)5-7-17/h4-11,14H,3,12-13,15H2,1-2H3,(H,24,28)(H2,25,27,29). The Morgan fingerprint density at radius 1 is 1.03 bits per heavy atom. The third kappa shape index (κ3) is 6.88. The molecule has 0 aliphatic carbocycles. The van der Waals surface area contributed by atoms with Gasteiger partial charge in [0.25, 0.3) is 5.91 Å². The van der Waals surface area contributed by atoms with Crippen molar-refractivity contribution >= 4 is 17.6 Å². The minimum absolute atomic E-state index is 0.0468. The Balaban J connectivity index is 1.40. The van der Waals surface area contributed by atoms with Crippen molar-refractivity contribution in [3.05, 3.63) is 66.1 Å². The number of likely N-dealkylation sites (N-methyl/N-ethyl adjacent to an activating group) is 1. The first-order valence-corrected chi connectivity index (χ1v) is 10.1. The number of ether oxygens (including phenoxy) is 1. The van der Waals surface area contributed by atoms with Crippen LogP contribution in [0.15, 0.2) is 59.2 Å². The zero-order valence-corrected chi connectivity index (χ0v) is 17.6. The number of carbonyl (C=O) groups is 2. The summed E-state index contributed by atoms with van der Waals surface area (Å²) in [6.45, 7) is 4.80. The second-order valence-electron chi connectivity index (χ2n) is 6.91. The van der Waals surface area contributed by atoms with Crippen LogP contribution in [0.2, 0.25) is 0 Å². The van der Waals surface area contributed by atoms with Gasteiger partial charge in [0, 0.05) is 30.8 Å². The van der Waals surface area contributed by atoms with Crippen molar-refractivity contribution in [3.8, 4) is 17.2 Å². The molecule has 0 fully saturated rings. The fraction of sp³-hybridized carbons (Fsp3) is 0.261. The van der Waals surface area contributed by atoms with Crippen LogP contribution in [0.4, 0.5) is 10.5 Å². The lowest BCUT2D eigenvalue weighted by atomic mass is 10.1. The van der Waals surface area contributed by atoms with Crippen LogP contribution in [0, 0.1) is 6.92 Å². The van der Waals surface area contributed by atoms with E-state index in [-0.39, 0.29) is 18.5 Å². The van der Waals surface area contributed by atoms with E-state index in [1.807, 2.05) is 38.1 Å². The maximum absolute atomic E-state index is 12.1. The smallest absolute Gasteiger partial charge is 0.319 e. The zero-order valence-electron chi connectivity index (χ0n) is 17.6. The molecule has 0 bridgehead atoms. The predicted molar refractivity (Wildman–Crippen MR) is 118 cm³/mol. The number of benzene rings is 2. The number of aromatic nitrogens is 1. The molecule has 8 nitrogen and oxygen atoms in total. The second kappa shape index (κ2) is 10.8. The lowest BCUT2D eigenvalue weighted by Crippen LogP contribution is -2.30. The number of amides is 3. The van der Waals surface area contributed by atoms with E-state index >= 15 is 0 Å². The molecule has 0 unspecified atom stereocenters. The molecule has 3 aromatic rings. The van der Waals surface area contributed by atoms with Gasteiger partial charge in [-0.2, -0.15) is 0 Å². The Hall–Kier alpha value is -3.81. The molecule has 0 saturated heterocycles. The lowest BCUT2D eigenvalue weighted by molar-refractivity contribution is -0.122. The van der Waals surface area contributed by atoms with Crippen molar-refractivity contribution in [2.45, 2.75) is 20.3 Å². The van der Waals surface area contributed by atoms with Crippen molar-refractivity contribution in [1.29, 1.82) is 0 Å². The Bertz CT molecular complexity index is 997. The summed E-state index contributed by atoms with van der Waals surface area (Å²) in [5, 5.41) is 8.19. The molecule has 3 N–H and O–H groups in total. The molecule has 0 spiro atoms. The van der Waals surface area contributed by atoms with Crippen molar-refractivity contribution in [1.82, 2.24) is 15.6 Å². The first-order valence-electron chi connectivity index (χ1n) is 10.1. The summed E-state index contributed by atoms with van der Waals surface area (Å²) in [5.74, 6) is 0.934. The van der Waals surface area contributed by atoms with Crippen molar-refractivity contribution in [2.24, 2.45) is 0 Å². The summed E-state index contributed by atoms with van der Waals surface area (Å²) in [6.07, 6.45) is 2.16. The van der Waals surface area contributed by atoms with E-state index < -0.39 is 0 Å². The molecule has 3 amide bonds. The highest BCUT2D eigenvalue weighted by Gasteiger charge is 2.08. The van der Waals surface area contributed by atoms with Crippen LogP contribution in [0.5, 0.6) is 5.75 Å². The van der Waals surface area contributed by atoms with Crippen LogP contribution < -0.4 is 20.7 Å². The Kier molecular flexibility index (Phi) is 7.64. The van der Waals surface area contributed by atoms with E-state index in [4.69, 9.17) is 9.15 Å². The summed E-state index contributed by atoms with van der Waals surface area (Å²) in [6, 6.07) is 14.4. The van der Waals surface area contributed by atoms with Gasteiger partial charge in [0.05, 0.1) is 5.69 Å². The molecule has 0 atom stereocenters. The molecular formula is C23H26N4O4. The largest absolute Gasteiger partial charge is 0.484 e. The van der Waals surface area contributed by atoms with Gasteiger partial charge in [-0.1, -0.05) is 17.7 Å². The number of hydrogen-bond donors (Lipinski definition) is 3. The molecule has 8 heteroatoms. The van der Waals surface area contributed by atoms with Gasteiger partial charge in [-0.15, -0.1) is 0 Å². The van der Waals surface area contributed by atoms with E-state index in [0.29, 0.717) is 36.8 Å². The Morgan fingerprint density at radius 3 is 2.48 bits per heavy atom. The predicted octanol–water partition coefficient (Wildman–Crippen LogP) is 3.53. The first-order chi connectivity index (χ1) is 15.0. The van der Waals surface area contributed by atoms with E-state index in [1.165, 1.54) is 5.56 Å². The molecule has 0 radical (unpaired) electrons. The van der Waals surface area contributed by atoms with Gasteiger partial charge < -0.3 is 25.1 Å². The van der Waals surface area contributed by atoms with Gasteiger partial charge in [0.15, 0.2) is 6.61 Å². The number of urea groups is 1. The SMILES string of the molecule is CCNC(=O)COc1ccc(NC(=O)NCCc2coc(-c3ccc(C)cc3)n2)cc1. The normalized spacial score (nSPS) is 10.4. The molecule has 0 saturated carbocycles. The molecule has 3 rings (SSSR count). The van der Waals surface area contributed by atoms with Gasteiger partial charge >= 0.3 is 6.03 Å². The Labute approximate surface area is 181 Å². The quantitative estimate of drug-likeness (QED) is 0.489. The van der Waals surface area contributed by atoms with Gasteiger partial charge in [-0.25, -0.2) is 9.78 Å².